The van der Waals surface area contributed by atoms with Crippen molar-refractivity contribution in [2.45, 2.75) is 45.2 Å². The van der Waals surface area contributed by atoms with Gasteiger partial charge < -0.3 is 15.5 Å². The van der Waals surface area contributed by atoms with E-state index in [1.807, 2.05) is 56.1 Å². The Morgan fingerprint density at radius 2 is 1.92 bits per heavy atom. The highest BCUT2D eigenvalue weighted by molar-refractivity contribution is 5.88. The molecule has 25 heavy (non-hydrogen) atoms. The van der Waals surface area contributed by atoms with Gasteiger partial charge in [-0.05, 0) is 31.4 Å². The molecular formula is C19H30ClN3O2. The Hall–Kier alpha value is -1.59. The van der Waals surface area contributed by atoms with Crippen LogP contribution < -0.4 is 10.6 Å². The molecule has 2 atom stereocenters. The lowest BCUT2D eigenvalue weighted by Crippen LogP contribution is -2.51. The number of hydrogen-bond acceptors (Lipinski definition) is 3. The minimum Gasteiger partial charge on any atom is -0.341 e. The summed E-state index contributed by atoms with van der Waals surface area (Å²) in [6.07, 6.45) is 2.49. The lowest BCUT2D eigenvalue weighted by Gasteiger charge is -2.35. The molecule has 0 radical (unpaired) electrons. The van der Waals surface area contributed by atoms with Crippen LogP contribution in [0.1, 0.15) is 44.7 Å². The van der Waals surface area contributed by atoms with Gasteiger partial charge in [-0.1, -0.05) is 44.2 Å². The van der Waals surface area contributed by atoms with Crippen molar-refractivity contribution in [2.24, 2.45) is 5.92 Å². The monoisotopic (exact) mass is 367 g/mol. The van der Waals surface area contributed by atoms with Crippen LogP contribution in [-0.2, 0) is 9.59 Å². The van der Waals surface area contributed by atoms with E-state index in [1.54, 1.807) is 0 Å². The summed E-state index contributed by atoms with van der Waals surface area (Å²) in [7, 11) is 1.93. The lowest BCUT2D eigenvalue weighted by molar-refractivity contribution is -0.138. The van der Waals surface area contributed by atoms with Crippen molar-refractivity contribution in [3.8, 4) is 0 Å². The van der Waals surface area contributed by atoms with Crippen molar-refractivity contribution in [1.29, 1.82) is 0 Å². The summed E-state index contributed by atoms with van der Waals surface area (Å²) in [5.41, 5.74) is 0.839. The molecule has 1 heterocycles. The Kier molecular flexibility index (Phi) is 8.93. The van der Waals surface area contributed by atoms with Gasteiger partial charge in [0.25, 0.3) is 0 Å². The summed E-state index contributed by atoms with van der Waals surface area (Å²) in [6, 6.07) is 9.24. The number of piperidine rings is 1. The normalized spacial score (nSPS) is 18.4. The van der Waals surface area contributed by atoms with Crippen LogP contribution in [0.25, 0.3) is 0 Å². The van der Waals surface area contributed by atoms with Crippen molar-refractivity contribution >= 4 is 24.2 Å². The molecule has 0 aromatic heterocycles. The number of rotatable bonds is 6. The summed E-state index contributed by atoms with van der Waals surface area (Å²) in [6.45, 7) is 5.45. The summed E-state index contributed by atoms with van der Waals surface area (Å²) >= 11 is 0. The number of carbonyl (C=O) groups excluding carboxylic acids is 2. The van der Waals surface area contributed by atoms with E-state index in [0.29, 0.717) is 19.0 Å². The van der Waals surface area contributed by atoms with Gasteiger partial charge in [-0.25, -0.2) is 0 Å². The van der Waals surface area contributed by atoms with Crippen LogP contribution >= 0.6 is 12.4 Å². The second kappa shape index (κ2) is 10.4. The third kappa shape index (κ3) is 6.33. The Balaban J connectivity index is 0.00000312. The Morgan fingerprint density at radius 3 is 2.52 bits per heavy atom. The maximum Gasteiger partial charge on any atom is 0.249 e. The Bertz CT molecular complexity index is 551. The highest BCUT2D eigenvalue weighted by atomic mass is 35.5. The number of hydrogen-bond donors (Lipinski definition) is 2. The predicted molar refractivity (Wildman–Crippen MR) is 103 cm³/mol. The molecule has 1 saturated heterocycles. The second-order valence-corrected chi connectivity index (χ2v) is 6.92. The SMILES string of the molecule is CNC1CCCN(C(=O)C(NC(=O)CC(C)C)c2ccccc2)C1.Cl. The fourth-order valence-corrected chi connectivity index (χ4v) is 3.12. The van der Waals surface area contributed by atoms with E-state index in [1.165, 1.54) is 0 Å². The number of likely N-dealkylation sites (N-methyl/N-ethyl adjacent to an activating group) is 1. The van der Waals surface area contributed by atoms with Crippen molar-refractivity contribution in [1.82, 2.24) is 15.5 Å². The number of amides is 2. The first-order chi connectivity index (χ1) is 11.5. The van der Waals surface area contributed by atoms with Crippen molar-refractivity contribution in [3.05, 3.63) is 35.9 Å². The number of likely N-dealkylation sites (tertiary alicyclic amines) is 1. The van der Waals surface area contributed by atoms with E-state index in [9.17, 15) is 9.59 Å². The number of nitrogens with zero attached hydrogens (tertiary/aromatic N) is 1. The van der Waals surface area contributed by atoms with Gasteiger partial charge in [-0.2, -0.15) is 0 Å². The molecule has 1 fully saturated rings. The first-order valence-corrected chi connectivity index (χ1v) is 8.81. The smallest absolute Gasteiger partial charge is 0.249 e. The molecule has 0 spiro atoms. The van der Waals surface area contributed by atoms with Crippen molar-refractivity contribution in [2.75, 3.05) is 20.1 Å². The highest BCUT2D eigenvalue weighted by Crippen LogP contribution is 2.20. The van der Waals surface area contributed by atoms with Crippen LogP contribution in [0.4, 0.5) is 0 Å². The van der Waals surface area contributed by atoms with Gasteiger partial charge in [0.2, 0.25) is 11.8 Å². The van der Waals surface area contributed by atoms with E-state index in [4.69, 9.17) is 0 Å². The number of nitrogens with one attached hydrogen (secondary N) is 2. The molecule has 1 aliphatic rings. The quantitative estimate of drug-likeness (QED) is 0.812. The van der Waals surface area contributed by atoms with Crippen molar-refractivity contribution < 1.29 is 9.59 Å². The van der Waals surface area contributed by atoms with Crippen LogP contribution in [-0.4, -0.2) is 42.9 Å². The molecule has 6 heteroatoms. The maximum atomic E-state index is 13.1. The topological polar surface area (TPSA) is 61.4 Å². The van der Waals surface area contributed by atoms with Gasteiger partial charge in [0.15, 0.2) is 0 Å². The maximum absolute atomic E-state index is 13.1. The molecular weight excluding hydrogens is 338 g/mol. The average molecular weight is 368 g/mol. The van der Waals surface area contributed by atoms with Gasteiger partial charge in [-0.3, -0.25) is 9.59 Å². The van der Waals surface area contributed by atoms with Crippen LogP contribution in [0.2, 0.25) is 0 Å². The van der Waals surface area contributed by atoms with E-state index in [0.717, 1.165) is 24.9 Å². The molecule has 2 unspecified atom stereocenters. The van der Waals surface area contributed by atoms with E-state index in [2.05, 4.69) is 10.6 Å². The first kappa shape index (κ1) is 21.5. The standard InChI is InChI=1S/C19H29N3O2.ClH/c1-14(2)12-17(23)21-18(15-8-5-4-6-9-15)19(24)22-11-7-10-16(13-22)20-3;/h4-6,8-9,14,16,18,20H,7,10-13H2,1-3H3,(H,21,23);1H. The molecule has 1 aromatic rings. The molecule has 0 saturated carbocycles. The largest absolute Gasteiger partial charge is 0.341 e. The third-order valence-electron chi connectivity index (χ3n) is 4.42. The van der Waals surface area contributed by atoms with Gasteiger partial charge in [0.1, 0.15) is 6.04 Å². The van der Waals surface area contributed by atoms with Gasteiger partial charge >= 0.3 is 0 Å². The minimum atomic E-state index is -0.604. The molecule has 0 bridgehead atoms. The zero-order valence-electron chi connectivity index (χ0n) is 15.3. The van der Waals surface area contributed by atoms with Crippen LogP contribution in [0.5, 0.6) is 0 Å². The van der Waals surface area contributed by atoms with Crippen LogP contribution in [0.3, 0.4) is 0 Å². The molecule has 2 amide bonds. The minimum absolute atomic E-state index is 0. The Morgan fingerprint density at radius 1 is 1.24 bits per heavy atom. The second-order valence-electron chi connectivity index (χ2n) is 6.92. The van der Waals surface area contributed by atoms with Gasteiger partial charge in [0.05, 0.1) is 0 Å². The lowest BCUT2D eigenvalue weighted by atomic mass is 10.0. The molecule has 0 aliphatic carbocycles. The zero-order chi connectivity index (χ0) is 17.5. The van der Waals surface area contributed by atoms with E-state index in [-0.39, 0.29) is 30.1 Å². The first-order valence-electron chi connectivity index (χ1n) is 8.81. The molecule has 1 aliphatic heterocycles. The van der Waals surface area contributed by atoms with Crippen LogP contribution in [0.15, 0.2) is 30.3 Å². The fraction of sp³-hybridized carbons (Fsp3) is 0.579. The van der Waals surface area contributed by atoms with E-state index < -0.39 is 6.04 Å². The summed E-state index contributed by atoms with van der Waals surface area (Å²) < 4.78 is 0. The van der Waals surface area contributed by atoms with E-state index >= 15 is 0 Å². The number of benzene rings is 1. The Labute approximate surface area is 157 Å². The molecule has 2 rings (SSSR count). The summed E-state index contributed by atoms with van der Waals surface area (Å²) in [5.74, 6) is 0.174. The van der Waals surface area contributed by atoms with Gasteiger partial charge in [-0.15, -0.1) is 12.4 Å². The molecule has 1 aromatic carbocycles. The molecule has 140 valence electrons. The number of halogens is 1. The fourth-order valence-electron chi connectivity index (χ4n) is 3.12. The average Bonchev–Trinajstić information content (AvgIpc) is 2.59. The molecule has 2 N–H and O–H groups in total. The zero-order valence-corrected chi connectivity index (χ0v) is 16.1. The van der Waals surface area contributed by atoms with Gasteiger partial charge in [0, 0.05) is 25.6 Å². The predicted octanol–water partition coefficient (Wildman–Crippen LogP) is 2.52. The number of carbonyl (C=O) groups is 2. The summed E-state index contributed by atoms with van der Waals surface area (Å²) in [5, 5.41) is 6.20. The van der Waals surface area contributed by atoms with Crippen molar-refractivity contribution in [3.63, 3.8) is 0 Å². The summed E-state index contributed by atoms with van der Waals surface area (Å²) in [4.78, 5) is 27.2. The highest BCUT2D eigenvalue weighted by Gasteiger charge is 2.30. The third-order valence-corrected chi connectivity index (χ3v) is 4.42. The molecule has 5 nitrogen and oxygen atoms in total. The van der Waals surface area contributed by atoms with Crippen LogP contribution in [0, 0.1) is 5.92 Å².